The van der Waals surface area contributed by atoms with Crippen LogP contribution in [0.4, 0.5) is 0 Å². The lowest BCUT2D eigenvalue weighted by atomic mass is 10.1. The van der Waals surface area contributed by atoms with E-state index in [1.165, 1.54) is 12.8 Å². The maximum Gasteiger partial charge on any atom is 0.194 e. The molecule has 1 saturated heterocycles. The number of aliphatic hydroxyl groups excluding tert-OH is 1. The lowest BCUT2D eigenvalue weighted by Gasteiger charge is -2.32. The molecular formula is C19H29N3O2. The number of guanidine groups is 1. The zero-order valence-corrected chi connectivity index (χ0v) is 14.6. The van der Waals surface area contributed by atoms with Crippen LogP contribution < -0.4 is 10.1 Å². The van der Waals surface area contributed by atoms with Gasteiger partial charge in [0.1, 0.15) is 5.75 Å². The lowest BCUT2D eigenvalue weighted by Crippen LogP contribution is -2.46. The number of hydrogen-bond acceptors (Lipinski definition) is 3. The molecule has 1 aromatic carbocycles. The van der Waals surface area contributed by atoms with Crippen molar-refractivity contribution in [2.24, 2.45) is 10.9 Å². The van der Waals surface area contributed by atoms with E-state index in [1.807, 2.05) is 18.2 Å². The second-order valence-corrected chi connectivity index (χ2v) is 6.75. The Bertz CT molecular complexity index is 549. The largest absolute Gasteiger partial charge is 0.493 e. The molecule has 5 nitrogen and oxygen atoms in total. The average molecular weight is 331 g/mol. The summed E-state index contributed by atoms with van der Waals surface area (Å²) in [5.41, 5.74) is 1.13. The van der Waals surface area contributed by atoms with Gasteiger partial charge in [-0.2, -0.15) is 0 Å². The number of ether oxygens (including phenoxy) is 1. The molecule has 0 amide bonds. The Balaban J connectivity index is 1.64. The van der Waals surface area contributed by atoms with Gasteiger partial charge in [-0.15, -0.1) is 0 Å². The highest BCUT2D eigenvalue weighted by Gasteiger charge is 2.22. The smallest absolute Gasteiger partial charge is 0.194 e. The number of aliphatic hydroxyl groups is 1. The van der Waals surface area contributed by atoms with Gasteiger partial charge in [0.15, 0.2) is 5.96 Å². The minimum atomic E-state index is -0.166. The molecule has 1 aliphatic heterocycles. The van der Waals surface area contributed by atoms with Crippen LogP contribution in [0.3, 0.4) is 0 Å². The van der Waals surface area contributed by atoms with Gasteiger partial charge in [-0.1, -0.05) is 18.2 Å². The van der Waals surface area contributed by atoms with Crippen molar-refractivity contribution in [3.05, 3.63) is 29.8 Å². The van der Waals surface area contributed by atoms with Crippen molar-refractivity contribution >= 4 is 5.96 Å². The summed E-state index contributed by atoms with van der Waals surface area (Å²) in [4.78, 5) is 7.05. The fraction of sp³-hybridized carbons (Fsp3) is 0.632. The van der Waals surface area contributed by atoms with Crippen molar-refractivity contribution in [2.75, 3.05) is 26.2 Å². The Hall–Kier alpha value is -1.75. The predicted octanol–water partition coefficient (Wildman–Crippen LogP) is 2.40. The number of para-hydroxylation sites is 1. The van der Waals surface area contributed by atoms with Gasteiger partial charge in [-0.25, -0.2) is 4.99 Å². The van der Waals surface area contributed by atoms with E-state index in [9.17, 15) is 5.11 Å². The van der Waals surface area contributed by atoms with E-state index >= 15 is 0 Å². The van der Waals surface area contributed by atoms with Crippen LogP contribution in [0.5, 0.6) is 5.75 Å². The van der Waals surface area contributed by atoms with Gasteiger partial charge in [0.25, 0.3) is 0 Å². The van der Waals surface area contributed by atoms with Gasteiger partial charge in [-0.05, 0) is 44.6 Å². The Labute approximate surface area is 144 Å². The van der Waals surface area contributed by atoms with Gasteiger partial charge in [-0.3, -0.25) is 0 Å². The van der Waals surface area contributed by atoms with Crippen LogP contribution in [0.25, 0.3) is 0 Å². The Morgan fingerprint density at radius 1 is 1.25 bits per heavy atom. The molecule has 1 aromatic rings. The standard InChI is InChI=1S/C19H29N3O2/c1-2-20-19(22-11-9-17(23)10-12-22)21-13-16-5-3-4-6-18(16)24-14-15-7-8-15/h3-6,15,17,23H,2,7-14H2,1H3,(H,20,21). The zero-order chi connectivity index (χ0) is 16.8. The van der Waals surface area contributed by atoms with Gasteiger partial charge in [0.2, 0.25) is 0 Å². The molecule has 0 atom stereocenters. The summed E-state index contributed by atoms with van der Waals surface area (Å²) >= 11 is 0. The fourth-order valence-corrected chi connectivity index (χ4v) is 2.93. The van der Waals surface area contributed by atoms with E-state index in [0.29, 0.717) is 6.54 Å². The minimum absolute atomic E-state index is 0.166. The monoisotopic (exact) mass is 331 g/mol. The maximum atomic E-state index is 9.69. The van der Waals surface area contributed by atoms with Crippen LogP contribution in [-0.4, -0.2) is 48.3 Å². The Morgan fingerprint density at radius 3 is 2.71 bits per heavy atom. The first kappa shape index (κ1) is 17.1. The molecule has 2 aliphatic rings. The number of nitrogens with zero attached hydrogens (tertiary/aromatic N) is 2. The predicted molar refractivity (Wildman–Crippen MR) is 96.3 cm³/mol. The van der Waals surface area contributed by atoms with Crippen LogP contribution >= 0.6 is 0 Å². The molecule has 0 spiro atoms. The molecule has 0 aromatic heterocycles. The molecule has 1 heterocycles. The molecule has 3 rings (SSSR count). The number of benzene rings is 1. The summed E-state index contributed by atoms with van der Waals surface area (Å²) in [5.74, 6) is 2.64. The van der Waals surface area contributed by atoms with Crippen LogP contribution in [-0.2, 0) is 6.54 Å². The van der Waals surface area contributed by atoms with Gasteiger partial charge < -0.3 is 20.1 Å². The Morgan fingerprint density at radius 2 is 2.00 bits per heavy atom. The van der Waals surface area contributed by atoms with Gasteiger partial charge in [0, 0.05) is 25.2 Å². The second-order valence-electron chi connectivity index (χ2n) is 6.75. The molecule has 5 heteroatoms. The third-order valence-electron chi connectivity index (χ3n) is 4.64. The quantitative estimate of drug-likeness (QED) is 0.621. The highest BCUT2D eigenvalue weighted by molar-refractivity contribution is 5.80. The van der Waals surface area contributed by atoms with Gasteiger partial charge in [0.05, 0.1) is 19.3 Å². The molecule has 0 unspecified atom stereocenters. The molecule has 1 aliphatic carbocycles. The van der Waals surface area contributed by atoms with Crippen LogP contribution in [0.2, 0.25) is 0 Å². The summed E-state index contributed by atoms with van der Waals surface area (Å²) in [7, 11) is 0. The highest BCUT2D eigenvalue weighted by atomic mass is 16.5. The number of hydrogen-bond donors (Lipinski definition) is 2. The van der Waals surface area contributed by atoms with E-state index in [-0.39, 0.29) is 6.10 Å². The van der Waals surface area contributed by atoms with Crippen molar-refractivity contribution in [1.29, 1.82) is 0 Å². The number of piperidine rings is 1. The minimum Gasteiger partial charge on any atom is -0.493 e. The SMILES string of the molecule is CCNC(=NCc1ccccc1OCC1CC1)N1CCC(O)CC1. The summed E-state index contributed by atoms with van der Waals surface area (Å²) in [5, 5.41) is 13.1. The number of rotatable bonds is 6. The van der Waals surface area contributed by atoms with Crippen molar-refractivity contribution in [3.63, 3.8) is 0 Å². The lowest BCUT2D eigenvalue weighted by molar-refractivity contribution is 0.108. The first-order chi connectivity index (χ1) is 11.8. The molecular weight excluding hydrogens is 302 g/mol. The van der Waals surface area contributed by atoms with Gasteiger partial charge >= 0.3 is 0 Å². The summed E-state index contributed by atoms with van der Waals surface area (Å²) < 4.78 is 5.98. The van der Waals surface area contributed by atoms with Crippen molar-refractivity contribution < 1.29 is 9.84 Å². The molecule has 0 bridgehead atoms. The third kappa shape index (κ3) is 4.87. The number of likely N-dealkylation sites (tertiary alicyclic amines) is 1. The van der Waals surface area contributed by atoms with E-state index in [1.54, 1.807) is 0 Å². The van der Waals surface area contributed by atoms with Crippen molar-refractivity contribution in [1.82, 2.24) is 10.2 Å². The van der Waals surface area contributed by atoms with E-state index in [0.717, 1.165) is 62.3 Å². The van der Waals surface area contributed by atoms with E-state index in [2.05, 4.69) is 23.2 Å². The molecule has 2 N–H and O–H groups in total. The first-order valence-corrected chi connectivity index (χ1v) is 9.18. The van der Waals surface area contributed by atoms with E-state index < -0.39 is 0 Å². The fourth-order valence-electron chi connectivity index (χ4n) is 2.93. The molecule has 24 heavy (non-hydrogen) atoms. The molecule has 2 fully saturated rings. The van der Waals surface area contributed by atoms with Crippen molar-refractivity contribution in [3.8, 4) is 5.75 Å². The summed E-state index contributed by atoms with van der Waals surface area (Å²) in [6, 6.07) is 8.19. The van der Waals surface area contributed by atoms with Crippen LogP contribution in [0.1, 0.15) is 38.2 Å². The van der Waals surface area contributed by atoms with E-state index in [4.69, 9.17) is 9.73 Å². The van der Waals surface area contributed by atoms with Crippen molar-refractivity contribution in [2.45, 2.75) is 45.3 Å². The summed E-state index contributed by atoms with van der Waals surface area (Å²) in [6.45, 7) is 6.07. The second kappa shape index (κ2) is 8.38. The van der Waals surface area contributed by atoms with Crippen LogP contribution in [0.15, 0.2) is 29.3 Å². The highest BCUT2D eigenvalue weighted by Crippen LogP contribution is 2.30. The number of aliphatic imine (C=N–C) groups is 1. The molecule has 0 radical (unpaired) electrons. The maximum absolute atomic E-state index is 9.69. The zero-order valence-electron chi connectivity index (χ0n) is 14.6. The average Bonchev–Trinajstić information content (AvgIpc) is 3.43. The third-order valence-corrected chi connectivity index (χ3v) is 4.64. The first-order valence-electron chi connectivity index (χ1n) is 9.18. The Kier molecular flexibility index (Phi) is 5.96. The topological polar surface area (TPSA) is 57.1 Å². The number of nitrogens with one attached hydrogen (secondary N) is 1. The summed E-state index contributed by atoms with van der Waals surface area (Å²) in [6.07, 6.45) is 4.05. The molecule has 1 saturated carbocycles. The normalized spacial score (nSPS) is 19.4. The molecule has 132 valence electrons. The van der Waals surface area contributed by atoms with Crippen LogP contribution in [0, 0.1) is 5.92 Å².